The summed E-state index contributed by atoms with van der Waals surface area (Å²) in [5.74, 6) is -0.840. The fraction of sp³-hybridized carbons (Fsp3) is 0.385. The van der Waals surface area contributed by atoms with Gasteiger partial charge in [0, 0.05) is 0 Å². The zero-order valence-corrected chi connectivity index (χ0v) is 12.3. The van der Waals surface area contributed by atoms with Crippen LogP contribution in [0.5, 0.6) is 0 Å². The predicted octanol–water partition coefficient (Wildman–Crippen LogP) is 2.45. The number of carboxylic acid groups (broad SMARTS) is 1. The van der Waals surface area contributed by atoms with E-state index in [1.807, 2.05) is 13.8 Å². The van der Waals surface area contributed by atoms with Gasteiger partial charge < -0.3 is 5.11 Å². The van der Waals surface area contributed by atoms with Crippen LogP contribution in [0.3, 0.4) is 0 Å². The van der Waals surface area contributed by atoms with Gasteiger partial charge in [-0.1, -0.05) is 25.4 Å². The minimum atomic E-state index is -1.04. The van der Waals surface area contributed by atoms with Crippen molar-refractivity contribution in [3.8, 4) is 5.82 Å². The summed E-state index contributed by atoms with van der Waals surface area (Å²) in [6.45, 7) is 5.56. The van der Waals surface area contributed by atoms with E-state index in [4.69, 9.17) is 11.6 Å². The molecule has 0 radical (unpaired) electrons. The van der Waals surface area contributed by atoms with E-state index in [1.54, 1.807) is 13.1 Å². The maximum absolute atomic E-state index is 11.6. The van der Waals surface area contributed by atoms with Crippen molar-refractivity contribution in [3.05, 3.63) is 33.7 Å². The minimum Gasteiger partial charge on any atom is -0.478 e. The Morgan fingerprint density at radius 2 is 2.05 bits per heavy atom. The van der Waals surface area contributed by atoms with Gasteiger partial charge >= 0.3 is 5.97 Å². The molecule has 0 atom stereocenters. The molecule has 0 unspecified atom stereocenters. The molecule has 0 aliphatic rings. The number of carboxylic acids is 1. The maximum Gasteiger partial charge on any atom is 0.339 e. The van der Waals surface area contributed by atoms with Gasteiger partial charge in [-0.15, -0.1) is 5.10 Å². The second-order valence-electron chi connectivity index (χ2n) is 4.34. The van der Waals surface area contributed by atoms with Crippen molar-refractivity contribution in [1.82, 2.24) is 20.0 Å². The molecule has 0 bridgehead atoms. The van der Waals surface area contributed by atoms with E-state index < -0.39 is 5.97 Å². The van der Waals surface area contributed by atoms with Gasteiger partial charge in [-0.2, -0.15) is 10.2 Å². The van der Waals surface area contributed by atoms with Crippen LogP contribution in [0.15, 0.2) is 6.20 Å². The van der Waals surface area contributed by atoms with E-state index in [9.17, 15) is 9.90 Å². The van der Waals surface area contributed by atoms with Gasteiger partial charge in [-0.05, 0) is 25.3 Å². The molecule has 106 valence electrons. The van der Waals surface area contributed by atoms with E-state index in [-0.39, 0.29) is 11.4 Å². The van der Waals surface area contributed by atoms with Crippen molar-refractivity contribution in [2.24, 2.45) is 0 Å². The molecule has 1 N–H and O–H groups in total. The second-order valence-corrected chi connectivity index (χ2v) is 4.75. The monoisotopic (exact) mass is 294 g/mol. The lowest BCUT2D eigenvalue weighted by Crippen LogP contribution is -2.16. The lowest BCUT2D eigenvalue weighted by atomic mass is 10.0. The average molecular weight is 295 g/mol. The van der Waals surface area contributed by atoms with Gasteiger partial charge in [0.05, 0.1) is 22.6 Å². The van der Waals surface area contributed by atoms with Crippen molar-refractivity contribution in [1.29, 1.82) is 0 Å². The van der Waals surface area contributed by atoms with Gasteiger partial charge in [-0.25, -0.2) is 9.48 Å². The molecule has 0 aliphatic carbocycles. The highest BCUT2D eigenvalue weighted by molar-refractivity contribution is 6.31. The molecule has 0 saturated carbocycles. The predicted molar refractivity (Wildman–Crippen MR) is 74.6 cm³/mol. The summed E-state index contributed by atoms with van der Waals surface area (Å²) in [6.07, 6.45) is 2.75. The number of halogens is 1. The van der Waals surface area contributed by atoms with Crippen LogP contribution in [0.25, 0.3) is 5.82 Å². The lowest BCUT2D eigenvalue weighted by Gasteiger charge is -2.11. The Morgan fingerprint density at radius 3 is 2.50 bits per heavy atom. The Labute approximate surface area is 121 Å². The first kappa shape index (κ1) is 14.5. The minimum absolute atomic E-state index is 0.138. The standard InChI is InChI=1S/C13H15ClN4O2/c1-4-8-10(5-2)15-16-12(11(8)13(19)20)18-6-9(14)7(3)17-18/h6H,4-5H2,1-3H3,(H,19,20). The Balaban J connectivity index is 2.73. The van der Waals surface area contributed by atoms with E-state index in [2.05, 4.69) is 15.3 Å². The topological polar surface area (TPSA) is 80.9 Å². The molecule has 20 heavy (non-hydrogen) atoms. The summed E-state index contributed by atoms with van der Waals surface area (Å²) in [6, 6.07) is 0. The van der Waals surface area contributed by atoms with Crippen LogP contribution in [-0.2, 0) is 12.8 Å². The summed E-state index contributed by atoms with van der Waals surface area (Å²) in [7, 11) is 0. The van der Waals surface area contributed by atoms with Crippen LogP contribution in [0.1, 0.15) is 41.2 Å². The van der Waals surface area contributed by atoms with E-state index in [0.717, 1.165) is 0 Å². The fourth-order valence-electron chi connectivity index (χ4n) is 2.09. The van der Waals surface area contributed by atoms with Gasteiger partial charge in [0.15, 0.2) is 5.82 Å². The van der Waals surface area contributed by atoms with Gasteiger partial charge in [0.2, 0.25) is 0 Å². The summed E-state index contributed by atoms with van der Waals surface area (Å²) in [4.78, 5) is 11.6. The molecule has 0 spiro atoms. The zero-order valence-electron chi connectivity index (χ0n) is 11.5. The summed E-state index contributed by atoms with van der Waals surface area (Å²) in [5.41, 5.74) is 2.14. The number of aromatic nitrogens is 4. The van der Waals surface area contributed by atoms with Crippen LogP contribution in [0, 0.1) is 6.92 Å². The molecule has 0 saturated heterocycles. The molecule has 0 aromatic carbocycles. The second kappa shape index (κ2) is 5.58. The first-order valence-electron chi connectivity index (χ1n) is 6.33. The first-order valence-corrected chi connectivity index (χ1v) is 6.71. The number of aromatic carboxylic acids is 1. The van der Waals surface area contributed by atoms with Crippen LogP contribution in [0.2, 0.25) is 5.02 Å². The number of hydrogen-bond donors (Lipinski definition) is 1. The molecular weight excluding hydrogens is 280 g/mol. The third-order valence-corrected chi connectivity index (χ3v) is 3.47. The number of carbonyl (C=O) groups is 1. The Bertz CT molecular complexity index is 647. The maximum atomic E-state index is 11.6. The Morgan fingerprint density at radius 1 is 1.35 bits per heavy atom. The van der Waals surface area contributed by atoms with Gasteiger partial charge in [0.25, 0.3) is 0 Å². The van der Waals surface area contributed by atoms with Crippen LogP contribution in [-0.4, -0.2) is 31.1 Å². The SMILES string of the molecule is CCc1nnc(-n2cc(Cl)c(C)n2)c(C(=O)O)c1CC. The fourth-order valence-corrected chi connectivity index (χ4v) is 2.23. The summed E-state index contributed by atoms with van der Waals surface area (Å²) < 4.78 is 1.37. The van der Waals surface area contributed by atoms with E-state index in [0.29, 0.717) is 34.8 Å². The van der Waals surface area contributed by atoms with Gasteiger partial charge in [0.1, 0.15) is 5.56 Å². The largest absolute Gasteiger partial charge is 0.478 e. The van der Waals surface area contributed by atoms with Crippen molar-refractivity contribution in [2.45, 2.75) is 33.6 Å². The van der Waals surface area contributed by atoms with Crippen molar-refractivity contribution in [2.75, 3.05) is 0 Å². The molecule has 2 rings (SSSR count). The van der Waals surface area contributed by atoms with Crippen molar-refractivity contribution >= 4 is 17.6 Å². The van der Waals surface area contributed by atoms with Crippen LogP contribution < -0.4 is 0 Å². The molecule has 2 aromatic rings. The highest BCUT2D eigenvalue weighted by atomic mass is 35.5. The first-order chi connectivity index (χ1) is 9.49. The van der Waals surface area contributed by atoms with Crippen LogP contribution in [0.4, 0.5) is 0 Å². The smallest absolute Gasteiger partial charge is 0.339 e. The van der Waals surface area contributed by atoms with Crippen LogP contribution >= 0.6 is 11.6 Å². The molecule has 2 aromatic heterocycles. The zero-order chi connectivity index (χ0) is 14.9. The normalized spacial score (nSPS) is 10.8. The van der Waals surface area contributed by atoms with Crippen molar-refractivity contribution in [3.63, 3.8) is 0 Å². The summed E-state index contributed by atoms with van der Waals surface area (Å²) in [5, 5.41) is 22.2. The number of aryl methyl sites for hydroxylation is 2. The number of nitrogens with zero attached hydrogens (tertiary/aromatic N) is 4. The molecule has 6 nitrogen and oxygen atoms in total. The average Bonchev–Trinajstić information content (AvgIpc) is 2.76. The molecule has 0 aliphatic heterocycles. The van der Waals surface area contributed by atoms with Crippen molar-refractivity contribution < 1.29 is 9.90 Å². The number of hydrogen-bond acceptors (Lipinski definition) is 4. The molecule has 0 amide bonds. The Hall–Kier alpha value is -1.95. The highest BCUT2D eigenvalue weighted by Crippen LogP contribution is 2.22. The third kappa shape index (κ3) is 2.38. The molecule has 2 heterocycles. The van der Waals surface area contributed by atoms with E-state index in [1.165, 1.54) is 4.68 Å². The van der Waals surface area contributed by atoms with E-state index >= 15 is 0 Å². The van der Waals surface area contributed by atoms with Gasteiger partial charge in [-0.3, -0.25) is 0 Å². The molecule has 7 heteroatoms. The molecular formula is C13H15ClN4O2. The highest BCUT2D eigenvalue weighted by Gasteiger charge is 2.22. The lowest BCUT2D eigenvalue weighted by molar-refractivity contribution is 0.0694. The third-order valence-electron chi connectivity index (χ3n) is 3.10. The quantitative estimate of drug-likeness (QED) is 0.936. The molecule has 0 fully saturated rings. The summed E-state index contributed by atoms with van der Waals surface area (Å²) >= 11 is 5.96. The number of rotatable bonds is 4. The Kier molecular flexibility index (Phi) is 4.04.